The van der Waals surface area contributed by atoms with Gasteiger partial charge in [-0.25, -0.2) is 9.78 Å². The van der Waals surface area contributed by atoms with Crippen LogP contribution in [0.15, 0.2) is 95.4 Å². The molecule has 0 spiro atoms. The Kier molecular flexibility index (Phi) is 5.71. The molecule has 148 valence electrons. The third-order valence-corrected chi connectivity index (χ3v) is 4.39. The van der Waals surface area contributed by atoms with Crippen LogP contribution in [0.2, 0.25) is 0 Å². The lowest BCUT2D eigenvalue weighted by atomic mass is 10.1. The first-order valence-electron chi connectivity index (χ1n) is 9.43. The van der Waals surface area contributed by atoms with Crippen molar-refractivity contribution in [2.24, 2.45) is 0 Å². The Morgan fingerprint density at radius 2 is 1.63 bits per heavy atom. The molecular weight excluding hydrogens is 378 g/mol. The molecule has 0 aliphatic heterocycles. The molecule has 1 aromatic heterocycles. The van der Waals surface area contributed by atoms with E-state index in [9.17, 15) is 4.79 Å². The summed E-state index contributed by atoms with van der Waals surface area (Å²) in [4.78, 5) is 15.4. The molecule has 1 heterocycles. The van der Waals surface area contributed by atoms with E-state index in [1.54, 1.807) is 24.3 Å². The van der Waals surface area contributed by atoms with Gasteiger partial charge in [-0.2, -0.15) is 0 Å². The van der Waals surface area contributed by atoms with Gasteiger partial charge in [0.1, 0.15) is 11.4 Å². The van der Waals surface area contributed by atoms with Gasteiger partial charge in [-0.3, -0.25) is 0 Å². The number of ether oxygens (including phenoxy) is 1. The first-order chi connectivity index (χ1) is 14.7. The lowest BCUT2D eigenvalue weighted by Crippen LogP contribution is -1.96. The number of oxazole rings is 1. The number of hydrogen-bond donors (Lipinski definition) is 1. The van der Waals surface area contributed by atoms with Crippen LogP contribution in [0.3, 0.4) is 0 Å². The van der Waals surface area contributed by atoms with Crippen LogP contribution in [0.25, 0.3) is 28.7 Å². The van der Waals surface area contributed by atoms with E-state index in [4.69, 9.17) is 14.3 Å². The normalized spacial score (nSPS) is 10.9. The second-order valence-electron chi connectivity index (χ2n) is 6.55. The summed E-state index contributed by atoms with van der Waals surface area (Å²) < 4.78 is 11.9. The Balaban J connectivity index is 1.59. The number of carboxylic acid groups (broad SMARTS) is 1. The summed E-state index contributed by atoms with van der Waals surface area (Å²) in [6.45, 7) is 0.152. The average molecular weight is 397 g/mol. The minimum absolute atomic E-state index is 0.152. The molecule has 4 rings (SSSR count). The highest BCUT2D eigenvalue weighted by atomic mass is 16.5. The van der Waals surface area contributed by atoms with Gasteiger partial charge in [0.25, 0.3) is 0 Å². The third-order valence-electron chi connectivity index (χ3n) is 4.39. The van der Waals surface area contributed by atoms with E-state index in [0.717, 1.165) is 28.5 Å². The van der Waals surface area contributed by atoms with Crippen molar-refractivity contribution in [1.29, 1.82) is 0 Å². The maximum Gasteiger partial charge on any atom is 0.328 e. The Morgan fingerprint density at radius 1 is 0.933 bits per heavy atom. The van der Waals surface area contributed by atoms with Gasteiger partial charge in [0.05, 0.1) is 0 Å². The molecular formula is C25H19NO4. The summed E-state index contributed by atoms with van der Waals surface area (Å²) in [5, 5.41) is 8.77. The van der Waals surface area contributed by atoms with Gasteiger partial charge in [0.2, 0.25) is 5.89 Å². The fourth-order valence-electron chi connectivity index (χ4n) is 3.02. The SMILES string of the molecule is O=C(O)C=Cc1cccc(OCc2nc(-c3ccccc3)c(-c3ccccc3)o2)c1. The Bertz CT molecular complexity index is 1110. The highest BCUT2D eigenvalue weighted by Crippen LogP contribution is 2.32. The van der Waals surface area contributed by atoms with Crippen LogP contribution in [-0.4, -0.2) is 16.1 Å². The molecule has 1 N–H and O–H groups in total. The van der Waals surface area contributed by atoms with E-state index in [1.165, 1.54) is 6.08 Å². The van der Waals surface area contributed by atoms with Gasteiger partial charge in [-0.15, -0.1) is 0 Å². The molecule has 0 amide bonds. The van der Waals surface area contributed by atoms with Gasteiger partial charge in [-0.1, -0.05) is 72.8 Å². The molecule has 0 aliphatic carbocycles. The molecule has 0 bridgehead atoms. The van der Waals surface area contributed by atoms with Crippen molar-refractivity contribution in [3.63, 3.8) is 0 Å². The highest BCUT2D eigenvalue weighted by molar-refractivity contribution is 5.85. The standard InChI is InChI=1S/C25H19NO4/c27-23(28)15-14-18-8-7-13-21(16-18)29-17-22-26-24(19-9-3-1-4-10-19)25(30-22)20-11-5-2-6-12-20/h1-16H,17H2,(H,27,28). The average Bonchev–Trinajstić information content (AvgIpc) is 3.22. The Morgan fingerprint density at radius 3 is 2.33 bits per heavy atom. The molecule has 0 radical (unpaired) electrons. The maximum absolute atomic E-state index is 10.7. The predicted octanol–water partition coefficient (Wildman–Crippen LogP) is 5.69. The second-order valence-corrected chi connectivity index (χ2v) is 6.55. The van der Waals surface area contributed by atoms with Crippen molar-refractivity contribution >= 4 is 12.0 Å². The number of nitrogens with zero attached hydrogens (tertiary/aromatic N) is 1. The monoisotopic (exact) mass is 397 g/mol. The lowest BCUT2D eigenvalue weighted by molar-refractivity contribution is -0.131. The van der Waals surface area contributed by atoms with Gasteiger partial charge in [-0.05, 0) is 23.8 Å². The number of aromatic nitrogens is 1. The van der Waals surface area contributed by atoms with E-state index in [0.29, 0.717) is 17.4 Å². The van der Waals surface area contributed by atoms with Crippen molar-refractivity contribution in [2.45, 2.75) is 6.61 Å². The zero-order valence-electron chi connectivity index (χ0n) is 16.1. The Labute approximate surface area is 173 Å². The fourth-order valence-corrected chi connectivity index (χ4v) is 3.02. The number of benzene rings is 3. The zero-order chi connectivity index (χ0) is 20.8. The predicted molar refractivity (Wildman–Crippen MR) is 115 cm³/mol. The number of carbonyl (C=O) groups is 1. The van der Waals surface area contributed by atoms with Crippen molar-refractivity contribution < 1.29 is 19.1 Å². The largest absolute Gasteiger partial charge is 0.484 e. The molecule has 4 aromatic rings. The van der Waals surface area contributed by atoms with Crippen LogP contribution in [-0.2, 0) is 11.4 Å². The van der Waals surface area contributed by atoms with Crippen LogP contribution in [0.5, 0.6) is 5.75 Å². The molecule has 30 heavy (non-hydrogen) atoms. The Hall–Kier alpha value is -4.12. The van der Waals surface area contributed by atoms with Gasteiger partial charge >= 0.3 is 5.97 Å². The molecule has 5 heteroatoms. The smallest absolute Gasteiger partial charge is 0.328 e. The van der Waals surface area contributed by atoms with E-state index >= 15 is 0 Å². The first kappa shape index (κ1) is 19.2. The maximum atomic E-state index is 10.7. The van der Waals surface area contributed by atoms with E-state index in [2.05, 4.69) is 4.98 Å². The molecule has 0 saturated carbocycles. The van der Waals surface area contributed by atoms with Crippen LogP contribution in [0.4, 0.5) is 0 Å². The topological polar surface area (TPSA) is 72.6 Å². The van der Waals surface area contributed by atoms with E-state index < -0.39 is 5.97 Å². The van der Waals surface area contributed by atoms with Crippen molar-refractivity contribution in [3.05, 3.63) is 102 Å². The van der Waals surface area contributed by atoms with Gasteiger partial charge in [0, 0.05) is 17.2 Å². The van der Waals surface area contributed by atoms with Gasteiger partial charge < -0.3 is 14.3 Å². The van der Waals surface area contributed by atoms with Crippen molar-refractivity contribution in [3.8, 4) is 28.3 Å². The molecule has 0 aliphatic rings. The zero-order valence-corrected chi connectivity index (χ0v) is 16.1. The summed E-state index contributed by atoms with van der Waals surface area (Å²) >= 11 is 0. The fraction of sp³-hybridized carbons (Fsp3) is 0.0400. The van der Waals surface area contributed by atoms with E-state index in [1.807, 2.05) is 60.7 Å². The van der Waals surface area contributed by atoms with Crippen LogP contribution in [0.1, 0.15) is 11.5 Å². The summed E-state index contributed by atoms with van der Waals surface area (Å²) in [7, 11) is 0. The first-order valence-corrected chi connectivity index (χ1v) is 9.43. The lowest BCUT2D eigenvalue weighted by Gasteiger charge is -2.04. The van der Waals surface area contributed by atoms with Crippen molar-refractivity contribution in [1.82, 2.24) is 4.98 Å². The molecule has 3 aromatic carbocycles. The van der Waals surface area contributed by atoms with Crippen LogP contribution in [0, 0.1) is 0 Å². The molecule has 0 atom stereocenters. The van der Waals surface area contributed by atoms with Crippen LogP contribution >= 0.6 is 0 Å². The number of aliphatic carboxylic acids is 1. The molecule has 5 nitrogen and oxygen atoms in total. The molecule has 0 saturated heterocycles. The highest BCUT2D eigenvalue weighted by Gasteiger charge is 2.17. The summed E-state index contributed by atoms with van der Waals surface area (Å²) in [5.74, 6) is 0.754. The van der Waals surface area contributed by atoms with Crippen LogP contribution < -0.4 is 4.74 Å². The number of carboxylic acids is 1. The minimum Gasteiger partial charge on any atom is -0.484 e. The molecule has 0 unspecified atom stereocenters. The molecule has 0 fully saturated rings. The number of hydrogen-bond acceptors (Lipinski definition) is 4. The number of rotatable bonds is 7. The summed E-state index contributed by atoms with van der Waals surface area (Å²) in [5.41, 5.74) is 3.40. The quantitative estimate of drug-likeness (QED) is 0.406. The minimum atomic E-state index is -0.997. The van der Waals surface area contributed by atoms with Gasteiger partial charge in [0.15, 0.2) is 12.4 Å². The van der Waals surface area contributed by atoms with E-state index in [-0.39, 0.29) is 6.61 Å². The third kappa shape index (κ3) is 4.64. The summed E-state index contributed by atoms with van der Waals surface area (Å²) in [6.07, 6.45) is 2.60. The van der Waals surface area contributed by atoms with Crippen molar-refractivity contribution in [2.75, 3.05) is 0 Å². The second kappa shape index (κ2) is 8.92. The summed E-state index contributed by atoms with van der Waals surface area (Å²) in [6, 6.07) is 26.9.